The van der Waals surface area contributed by atoms with Gasteiger partial charge >= 0.3 is 0 Å². The fraction of sp³-hybridized carbons (Fsp3) is 0.643. The second kappa shape index (κ2) is 4.21. The highest BCUT2D eigenvalue weighted by Crippen LogP contribution is 2.49. The van der Waals surface area contributed by atoms with E-state index in [0.717, 1.165) is 41.4 Å². The van der Waals surface area contributed by atoms with Crippen molar-refractivity contribution in [2.24, 2.45) is 17.8 Å². The molecule has 3 nitrogen and oxygen atoms in total. The van der Waals surface area contributed by atoms with Gasteiger partial charge in [-0.3, -0.25) is 0 Å². The summed E-state index contributed by atoms with van der Waals surface area (Å²) in [5, 5.41) is 3.46. The predicted molar refractivity (Wildman–Crippen MR) is 70.8 cm³/mol. The van der Waals surface area contributed by atoms with Crippen LogP contribution in [-0.2, 0) is 0 Å². The van der Waals surface area contributed by atoms with Crippen LogP contribution >= 0.6 is 0 Å². The van der Waals surface area contributed by atoms with E-state index < -0.39 is 0 Å². The number of anilines is 2. The summed E-state index contributed by atoms with van der Waals surface area (Å²) in [6.07, 6.45) is 7.60. The fourth-order valence-corrected chi connectivity index (χ4v) is 2.63. The highest BCUT2D eigenvalue weighted by Gasteiger charge is 2.40. The third-order valence-electron chi connectivity index (χ3n) is 4.12. The number of hydrogen-bond acceptors (Lipinski definition) is 3. The van der Waals surface area contributed by atoms with Crippen LogP contribution in [-0.4, -0.2) is 11.5 Å². The summed E-state index contributed by atoms with van der Waals surface area (Å²) in [6.45, 7) is 3.06. The number of nitrogens with one attached hydrogen (secondary N) is 1. The first-order chi connectivity index (χ1) is 8.24. The Labute approximate surface area is 103 Å². The second-order valence-corrected chi connectivity index (χ2v) is 5.65. The van der Waals surface area contributed by atoms with Crippen LogP contribution in [0.4, 0.5) is 11.5 Å². The zero-order valence-corrected chi connectivity index (χ0v) is 10.4. The third kappa shape index (κ3) is 2.54. The molecule has 1 aromatic rings. The van der Waals surface area contributed by atoms with Gasteiger partial charge in [0.25, 0.3) is 0 Å². The van der Waals surface area contributed by atoms with Gasteiger partial charge in [-0.2, -0.15) is 0 Å². The lowest BCUT2D eigenvalue weighted by Gasteiger charge is -2.16. The summed E-state index contributed by atoms with van der Waals surface area (Å²) in [4.78, 5) is 4.38. The van der Waals surface area contributed by atoms with Gasteiger partial charge in [0.2, 0.25) is 0 Å². The van der Waals surface area contributed by atoms with E-state index in [1.807, 2.05) is 19.2 Å². The minimum absolute atomic E-state index is 0.830. The Morgan fingerprint density at radius 3 is 2.53 bits per heavy atom. The van der Waals surface area contributed by atoms with E-state index in [-0.39, 0.29) is 0 Å². The quantitative estimate of drug-likeness (QED) is 0.819. The number of aryl methyl sites for hydroxylation is 1. The molecule has 1 heterocycles. The number of aromatic nitrogens is 1. The Bertz CT molecular complexity index is 396. The lowest BCUT2D eigenvalue weighted by atomic mass is 9.98. The van der Waals surface area contributed by atoms with Crippen molar-refractivity contribution in [2.45, 2.75) is 32.6 Å². The normalized spacial score (nSPS) is 19.6. The standard InChI is InChI=1S/C14H21N3/c1-9-7-16-14(6-13(9)15)17-8-12(10-2-3-10)11-4-5-11/h6-7,10-12H,2-5,8H2,1H3,(H3,15,16,17). The Morgan fingerprint density at radius 2 is 2.00 bits per heavy atom. The molecule has 0 saturated heterocycles. The van der Waals surface area contributed by atoms with Crippen LogP contribution in [0.3, 0.4) is 0 Å². The molecule has 2 saturated carbocycles. The van der Waals surface area contributed by atoms with Gasteiger partial charge in [0.05, 0.1) is 0 Å². The molecule has 2 fully saturated rings. The van der Waals surface area contributed by atoms with Crippen LogP contribution in [0.5, 0.6) is 0 Å². The van der Waals surface area contributed by atoms with Gasteiger partial charge in [-0.25, -0.2) is 4.98 Å². The van der Waals surface area contributed by atoms with Crippen LogP contribution in [0.2, 0.25) is 0 Å². The van der Waals surface area contributed by atoms with E-state index in [4.69, 9.17) is 5.73 Å². The van der Waals surface area contributed by atoms with Crippen LogP contribution in [0, 0.1) is 24.7 Å². The minimum atomic E-state index is 0.830. The summed E-state index contributed by atoms with van der Waals surface area (Å²) in [7, 11) is 0. The maximum atomic E-state index is 5.89. The van der Waals surface area contributed by atoms with Crippen LogP contribution in [0.25, 0.3) is 0 Å². The van der Waals surface area contributed by atoms with E-state index in [2.05, 4.69) is 10.3 Å². The van der Waals surface area contributed by atoms with Crippen LogP contribution < -0.4 is 11.1 Å². The van der Waals surface area contributed by atoms with Crippen molar-refractivity contribution in [3.05, 3.63) is 17.8 Å². The maximum Gasteiger partial charge on any atom is 0.127 e. The zero-order valence-electron chi connectivity index (χ0n) is 10.4. The van der Waals surface area contributed by atoms with Crippen molar-refractivity contribution >= 4 is 11.5 Å². The molecule has 3 heteroatoms. The molecule has 0 amide bonds. The molecule has 0 radical (unpaired) electrons. The first-order valence-corrected chi connectivity index (χ1v) is 6.70. The average Bonchev–Trinajstić information content (AvgIpc) is 3.14. The molecule has 3 rings (SSSR count). The Hall–Kier alpha value is -1.25. The molecule has 2 aliphatic rings. The summed E-state index contributed by atoms with van der Waals surface area (Å²) in [6, 6.07) is 1.95. The number of nitrogens with zero attached hydrogens (tertiary/aromatic N) is 1. The van der Waals surface area contributed by atoms with Crippen molar-refractivity contribution < 1.29 is 0 Å². The number of rotatable bonds is 5. The molecule has 1 aromatic heterocycles. The molecule has 0 unspecified atom stereocenters. The first kappa shape index (κ1) is 10.9. The Balaban J connectivity index is 1.60. The zero-order chi connectivity index (χ0) is 11.8. The van der Waals surface area contributed by atoms with E-state index in [1.54, 1.807) is 0 Å². The largest absolute Gasteiger partial charge is 0.398 e. The van der Waals surface area contributed by atoms with Crippen molar-refractivity contribution in [2.75, 3.05) is 17.6 Å². The minimum Gasteiger partial charge on any atom is -0.398 e. The molecule has 92 valence electrons. The molecule has 0 atom stereocenters. The van der Waals surface area contributed by atoms with E-state index in [9.17, 15) is 0 Å². The maximum absolute atomic E-state index is 5.89. The van der Waals surface area contributed by atoms with Gasteiger partial charge in [-0.1, -0.05) is 0 Å². The van der Waals surface area contributed by atoms with Crippen LogP contribution in [0.15, 0.2) is 12.3 Å². The molecule has 0 spiro atoms. The summed E-state index contributed by atoms with van der Waals surface area (Å²) in [5.41, 5.74) is 7.77. The summed E-state index contributed by atoms with van der Waals surface area (Å²) in [5.74, 6) is 3.77. The first-order valence-electron chi connectivity index (χ1n) is 6.70. The van der Waals surface area contributed by atoms with Gasteiger partial charge < -0.3 is 11.1 Å². The lowest BCUT2D eigenvalue weighted by Crippen LogP contribution is -2.18. The molecule has 2 aliphatic carbocycles. The molecule has 0 aliphatic heterocycles. The molecule has 3 N–H and O–H groups in total. The highest BCUT2D eigenvalue weighted by molar-refractivity contribution is 5.53. The topological polar surface area (TPSA) is 50.9 Å². The van der Waals surface area contributed by atoms with E-state index in [0.29, 0.717) is 0 Å². The molecule has 0 aromatic carbocycles. The molecular weight excluding hydrogens is 210 g/mol. The van der Waals surface area contributed by atoms with Gasteiger partial charge in [0.1, 0.15) is 5.82 Å². The summed E-state index contributed by atoms with van der Waals surface area (Å²) < 4.78 is 0. The number of hydrogen-bond donors (Lipinski definition) is 2. The van der Waals surface area contributed by atoms with Gasteiger partial charge in [-0.15, -0.1) is 0 Å². The summed E-state index contributed by atoms with van der Waals surface area (Å²) >= 11 is 0. The number of pyridine rings is 1. The van der Waals surface area contributed by atoms with Gasteiger partial charge in [0, 0.05) is 24.5 Å². The SMILES string of the molecule is Cc1cnc(NCC(C2CC2)C2CC2)cc1N. The fourth-order valence-electron chi connectivity index (χ4n) is 2.63. The molecule has 0 bridgehead atoms. The van der Waals surface area contributed by atoms with Crippen LogP contribution in [0.1, 0.15) is 31.2 Å². The van der Waals surface area contributed by atoms with E-state index >= 15 is 0 Å². The Morgan fingerprint density at radius 1 is 1.35 bits per heavy atom. The lowest BCUT2D eigenvalue weighted by molar-refractivity contribution is 0.428. The monoisotopic (exact) mass is 231 g/mol. The molecule has 17 heavy (non-hydrogen) atoms. The van der Waals surface area contributed by atoms with Gasteiger partial charge in [0.15, 0.2) is 0 Å². The van der Waals surface area contributed by atoms with Crippen molar-refractivity contribution in [1.82, 2.24) is 4.98 Å². The van der Waals surface area contributed by atoms with Gasteiger partial charge in [-0.05, 0) is 55.9 Å². The second-order valence-electron chi connectivity index (χ2n) is 5.65. The van der Waals surface area contributed by atoms with E-state index in [1.165, 1.54) is 25.7 Å². The molecular formula is C14H21N3. The third-order valence-corrected chi connectivity index (χ3v) is 4.12. The van der Waals surface area contributed by atoms with Crippen molar-refractivity contribution in [1.29, 1.82) is 0 Å². The highest BCUT2D eigenvalue weighted by atomic mass is 15.0. The predicted octanol–water partition coefficient (Wildman–Crippen LogP) is 2.82. The number of nitrogens with two attached hydrogens (primary N) is 1. The average molecular weight is 231 g/mol. The van der Waals surface area contributed by atoms with Crippen molar-refractivity contribution in [3.8, 4) is 0 Å². The number of nitrogen functional groups attached to an aromatic ring is 1. The Kier molecular flexibility index (Phi) is 2.69. The smallest absolute Gasteiger partial charge is 0.127 e. The van der Waals surface area contributed by atoms with Crippen molar-refractivity contribution in [3.63, 3.8) is 0 Å².